The average molecular weight is 173 g/mol. The van der Waals surface area contributed by atoms with E-state index in [1.54, 1.807) is 18.6 Å². The third-order valence-corrected chi connectivity index (χ3v) is 1.55. The number of anilines is 1. The van der Waals surface area contributed by atoms with Crippen molar-refractivity contribution in [3.05, 3.63) is 30.7 Å². The Morgan fingerprint density at radius 2 is 1.92 bits per heavy atom. The lowest BCUT2D eigenvalue weighted by Crippen LogP contribution is -1.97. The number of nitrogens with zero attached hydrogens (tertiary/aromatic N) is 4. The van der Waals surface area contributed by atoms with E-state index >= 15 is 0 Å². The van der Waals surface area contributed by atoms with Crippen molar-refractivity contribution in [3.63, 3.8) is 0 Å². The molecule has 0 aliphatic rings. The molecule has 0 aromatic carbocycles. The van der Waals surface area contributed by atoms with Gasteiger partial charge in [-0.05, 0) is 12.1 Å². The monoisotopic (exact) mass is 173 g/mol. The highest BCUT2D eigenvalue weighted by atomic mass is 15.2. The van der Waals surface area contributed by atoms with Crippen molar-refractivity contribution >= 4 is 5.95 Å². The third-order valence-electron chi connectivity index (χ3n) is 1.55. The summed E-state index contributed by atoms with van der Waals surface area (Å²) in [4.78, 5) is 7.92. The Hall–Kier alpha value is -2.04. The van der Waals surface area contributed by atoms with Gasteiger partial charge in [0.1, 0.15) is 0 Å². The number of hydrogen-bond donors (Lipinski definition) is 1. The lowest BCUT2D eigenvalue weighted by molar-refractivity contribution is 0.990. The first-order valence-electron chi connectivity index (χ1n) is 3.72. The number of aromatic nitrogens is 4. The number of rotatable bonds is 1. The molecule has 0 radical (unpaired) electrons. The van der Waals surface area contributed by atoms with Crippen molar-refractivity contribution in [2.24, 2.45) is 0 Å². The molecule has 2 rings (SSSR count). The van der Waals surface area contributed by atoms with Gasteiger partial charge in [-0.2, -0.15) is 5.10 Å². The summed E-state index contributed by atoms with van der Waals surface area (Å²) < 4.78 is 0. The molecule has 0 aliphatic carbocycles. The third kappa shape index (κ3) is 1.58. The Kier molecular flexibility index (Phi) is 1.84. The Morgan fingerprint density at radius 3 is 2.62 bits per heavy atom. The molecule has 5 heteroatoms. The predicted octanol–water partition coefficient (Wildman–Crippen LogP) is 0.516. The molecule has 0 aliphatic heterocycles. The van der Waals surface area contributed by atoms with Crippen molar-refractivity contribution in [1.29, 1.82) is 0 Å². The van der Waals surface area contributed by atoms with Gasteiger partial charge >= 0.3 is 0 Å². The SMILES string of the molecule is Nc1nncc(-c2ccncc2)n1. The number of hydrogen-bond acceptors (Lipinski definition) is 5. The van der Waals surface area contributed by atoms with Crippen LogP contribution in [0.4, 0.5) is 5.95 Å². The molecule has 2 heterocycles. The maximum atomic E-state index is 5.40. The Balaban J connectivity index is 2.48. The van der Waals surface area contributed by atoms with Gasteiger partial charge in [0.25, 0.3) is 0 Å². The summed E-state index contributed by atoms with van der Waals surface area (Å²) >= 11 is 0. The zero-order valence-electron chi connectivity index (χ0n) is 6.75. The molecule has 2 aromatic heterocycles. The minimum Gasteiger partial charge on any atom is -0.366 e. The molecule has 13 heavy (non-hydrogen) atoms. The normalized spacial score (nSPS) is 9.85. The van der Waals surface area contributed by atoms with Crippen molar-refractivity contribution < 1.29 is 0 Å². The van der Waals surface area contributed by atoms with Gasteiger partial charge in [0.05, 0.1) is 11.9 Å². The van der Waals surface area contributed by atoms with E-state index in [0.29, 0.717) is 5.69 Å². The van der Waals surface area contributed by atoms with Gasteiger partial charge in [-0.15, -0.1) is 5.10 Å². The second-order valence-electron chi connectivity index (χ2n) is 2.44. The van der Waals surface area contributed by atoms with Crippen LogP contribution in [0.5, 0.6) is 0 Å². The lowest BCUT2D eigenvalue weighted by atomic mass is 10.2. The van der Waals surface area contributed by atoms with E-state index in [1.165, 1.54) is 0 Å². The molecular formula is C8H7N5. The first kappa shape index (κ1) is 7.60. The maximum Gasteiger partial charge on any atom is 0.240 e. The van der Waals surface area contributed by atoms with E-state index in [4.69, 9.17) is 5.73 Å². The zero-order chi connectivity index (χ0) is 9.10. The number of nitrogen functional groups attached to an aromatic ring is 1. The van der Waals surface area contributed by atoms with E-state index in [1.807, 2.05) is 12.1 Å². The molecule has 0 spiro atoms. The molecule has 0 amide bonds. The molecule has 0 fully saturated rings. The van der Waals surface area contributed by atoms with Crippen LogP contribution in [0.3, 0.4) is 0 Å². The van der Waals surface area contributed by atoms with Crippen LogP contribution in [-0.4, -0.2) is 20.2 Å². The predicted molar refractivity (Wildman–Crippen MR) is 47.5 cm³/mol. The smallest absolute Gasteiger partial charge is 0.240 e. The van der Waals surface area contributed by atoms with Gasteiger partial charge < -0.3 is 5.73 Å². The molecule has 5 nitrogen and oxygen atoms in total. The van der Waals surface area contributed by atoms with E-state index in [-0.39, 0.29) is 5.95 Å². The Bertz CT molecular complexity index is 400. The van der Waals surface area contributed by atoms with Crippen LogP contribution < -0.4 is 5.73 Å². The maximum absolute atomic E-state index is 5.40. The molecule has 0 unspecified atom stereocenters. The number of nitrogens with two attached hydrogens (primary N) is 1. The summed E-state index contributed by atoms with van der Waals surface area (Å²) in [5, 5.41) is 7.27. The summed E-state index contributed by atoms with van der Waals surface area (Å²) in [7, 11) is 0. The van der Waals surface area contributed by atoms with Crippen LogP contribution in [0.25, 0.3) is 11.3 Å². The largest absolute Gasteiger partial charge is 0.366 e. The summed E-state index contributed by atoms with van der Waals surface area (Å²) in [5.41, 5.74) is 7.03. The highest BCUT2D eigenvalue weighted by molar-refractivity contribution is 5.57. The van der Waals surface area contributed by atoms with Crippen molar-refractivity contribution in [2.45, 2.75) is 0 Å². The first-order chi connectivity index (χ1) is 6.36. The zero-order valence-corrected chi connectivity index (χ0v) is 6.75. The minimum absolute atomic E-state index is 0.175. The fourth-order valence-corrected chi connectivity index (χ4v) is 0.979. The van der Waals surface area contributed by atoms with E-state index < -0.39 is 0 Å². The molecule has 2 N–H and O–H groups in total. The first-order valence-corrected chi connectivity index (χ1v) is 3.72. The van der Waals surface area contributed by atoms with Crippen LogP contribution in [0, 0.1) is 0 Å². The van der Waals surface area contributed by atoms with Crippen LogP contribution >= 0.6 is 0 Å². The van der Waals surface area contributed by atoms with E-state index in [2.05, 4.69) is 20.2 Å². The van der Waals surface area contributed by atoms with Gasteiger partial charge in [-0.25, -0.2) is 4.98 Å². The molecule has 64 valence electrons. The van der Waals surface area contributed by atoms with Gasteiger partial charge in [0, 0.05) is 18.0 Å². The lowest BCUT2D eigenvalue weighted by Gasteiger charge is -1.98. The topological polar surface area (TPSA) is 77.6 Å². The van der Waals surface area contributed by atoms with Gasteiger partial charge in [0.15, 0.2) is 0 Å². The van der Waals surface area contributed by atoms with Crippen molar-refractivity contribution in [2.75, 3.05) is 5.73 Å². The molecule has 2 aromatic rings. The fraction of sp³-hybridized carbons (Fsp3) is 0. The second kappa shape index (κ2) is 3.14. The van der Waals surface area contributed by atoms with Gasteiger partial charge in [0.2, 0.25) is 5.95 Å². The molecule has 0 atom stereocenters. The van der Waals surface area contributed by atoms with E-state index in [0.717, 1.165) is 5.56 Å². The quantitative estimate of drug-likeness (QED) is 0.680. The highest BCUT2D eigenvalue weighted by Gasteiger charge is 1.99. The molecule has 0 saturated heterocycles. The summed E-state index contributed by atoms with van der Waals surface area (Å²) in [6.07, 6.45) is 4.94. The minimum atomic E-state index is 0.175. The summed E-state index contributed by atoms with van der Waals surface area (Å²) in [5.74, 6) is 0.175. The van der Waals surface area contributed by atoms with Crippen LogP contribution in [-0.2, 0) is 0 Å². The standard InChI is InChI=1S/C8H7N5/c9-8-12-7(5-11-13-8)6-1-3-10-4-2-6/h1-5H,(H2,9,12,13). The second-order valence-corrected chi connectivity index (χ2v) is 2.44. The Morgan fingerprint density at radius 1 is 1.15 bits per heavy atom. The molecule has 0 saturated carbocycles. The fourth-order valence-electron chi connectivity index (χ4n) is 0.979. The van der Waals surface area contributed by atoms with Crippen molar-refractivity contribution in [3.8, 4) is 11.3 Å². The highest BCUT2D eigenvalue weighted by Crippen LogP contribution is 2.13. The Labute approximate surface area is 74.7 Å². The van der Waals surface area contributed by atoms with Gasteiger partial charge in [-0.1, -0.05) is 0 Å². The van der Waals surface area contributed by atoms with E-state index in [9.17, 15) is 0 Å². The average Bonchev–Trinajstić information content (AvgIpc) is 2.19. The van der Waals surface area contributed by atoms with Crippen LogP contribution in [0.2, 0.25) is 0 Å². The number of pyridine rings is 1. The summed E-state index contributed by atoms with van der Waals surface area (Å²) in [6.45, 7) is 0. The van der Waals surface area contributed by atoms with Crippen molar-refractivity contribution in [1.82, 2.24) is 20.2 Å². The molecule has 0 bridgehead atoms. The van der Waals surface area contributed by atoms with Gasteiger partial charge in [-0.3, -0.25) is 4.98 Å². The van der Waals surface area contributed by atoms with Crippen LogP contribution in [0.15, 0.2) is 30.7 Å². The molecular weight excluding hydrogens is 166 g/mol. The summed E-state index contributed by atoms with van der Waals surface area (Å²) in [6, 6.07) is 3.67. The van der Waals surface area contributed by atoms with Crippen LogP contribution in [0.1, 0.15) is 0 Å².